The molecule has 0 saturated carbocycles. The van der Waals surface area contributed by atoms with Gasteiger partial charge in [-0.25, -0.2) is 4.68 Å². The molecule has 1 aromatic rings. The second kappa shape index (κ2) is 4.30. The van der Waals surface area contributed by atoms with Crippen LogP contribution in [-0.4, -0.2) is 14.9 Å². The molecule has 13 heavy (non-hydrogen) atoms. The topological polar surface area (TPSA) is 38.0 Å². The summed E-state index contributed by atoms with van der Waals surface area (Å²) in [5.74, 6) is 0.355. The highest BCUT2D eigenvalue weighted by atomic mass is 16.3. The highest BCUT2D eigenvalue weighted by Crippen LogP contribution is 2.22. The summed E-state index contributed by atoms with van der Waals surface area (Å²) in [5, 5.41) is 14.1. The van der Waals surface area contributed by atoms with Crippen molar-refractivity contribution in [1.82, 2.24) is 9.78 Å². The summed E-state index contributed by atoms with van der Waals surface area (Å²) in [6, 6.07) is 0. The lowest BCUT2D eigenvalue weighted by molar-refractivity contribution is 0.400. The molecule has 0 unspecified atom stereocenters. The lowest BCUT2D eigenvalue weighted by Crippen LogP contribution is -1.96. The Labute approximate surface area is 79.4 Å². The van der Waals surface area contributed by atoms with Gasteiger partial charge in [0, 0.05) is 12.1 Å². The Morgan fingerprint density at radius 2 is 2.00 bits per heavy atom. The molecule has 74 valence electrons. The van der Waals surface area contributed by atoms with Gasteiger partial charge in [0.2, 0.25) is 5.88 Å². The fourth-order valence-corrected chi connectivity index (χ4v) is 1.56. The van der Waals surface area contributed by atoms with E-state index in [1.54, 1.807) is 4.68 Å². The molecule has 0 aromatic carbocycles. The maximum atomic E-state index is 9.74. The first-order valence-corrected chi connectivity index (χ1v) is 5.02. The van der Waals surface area contributed by atoms with Crippen molar-refractivity contribution in [3.63, 3.8) is 0 Å². The number of aryl methyl sites for hydroxylation is 2. The van der Waals surface area contributed by atoms with Crippen LogP contribution in [0.15, 0.2) is 0 Å². The van der Waals surface area contributed by atoms with Gasteiger partial charge in [0.15, 0.2) is 0 Å². The van der Waals surface area contributed by atoms with E-state index in [-0.39, 0.29) is 0 Å². The lowest BCUT2D eigenvalue weighted by Gasteiger charge is -1.97. The van der Waals surface area contributed by atoms with Gasteiger partial charge in [-0.3, -0.25) is 0 Å². The van der Waals surface area contributed by atoms with Gasteiger partial charge in [0.1, 0.15) is 0 Å². The number of aromatic nitrogens is 2. The quantitative estimate of drug-likeness (QED) is 0.774. The van der Waals surface area contributed by atoms with Crippen LogP contribution >= 0.6 is 0 Å². The van der Waals surface area contributed by atoms with Crippen molar-refractivity contribution in [2.75, 3.05) is 0 Å². The summed E-state index contributed by atoms with van der Waals surface area (Å²) in [4.78, 5) is 0. The van der Waals surface area contributed by atoms with Crippen molar-refractivity contribution in [1.29, 1.82) is 0 Å². The van der Waals surface area contributed by atoms with Gasteiger partial charge in [0.25, 0.3) is 0 Å². The average molecular weight is 182 g/mol. The van der Waals surface area contributed by atoms with Crippen molar-refractivity contribution in [2.45, 2.75) is 46.6 Å². The predicted octanol–water partition coefficient (Wildman–Crippen LogP) is 2.12. The molecule has 0 saturated heterocycles. The molecule has 0 amide bonds. The van der Waals surface area contributed by atoms with Crippen LogP contribution in [-0.2, 0) is 19.4 Å². The molecule has 1 aromatic heterocycles. The normalized spacial score (nSPS) is 10.7. The van der Waals surface area contributed by atoms with Crippen LogP contribution in [0.2, 0.25) is 0 Å². The Kier molecular flexibility index (Phi) is 3.34. The Bertz CT molecular complexity index is 279. The summed E-state index contributed by atoms with van der Waals surface area (Å²) in [6.45, 7) is 6.90. The van der Waals surface area contributed by atoms with E-state index < -0.39 is 0 Å². The smallest absolute Gasteiger partial charge is 0.212 e. The molecule has 1 N–H and O–H groups in total. The third-order valence-corrected chi connectivity index (χ3v) is 2.24. The minimum absolute atomic E-state index is 0.355. The van der Waals surface area contributed by atoms with E-state index in [4.69, 9.17) is 0 Å². The van der Waals surface area contributed by atoms with Gasteiger partial charge < -0.3 is 5.11 Å². The molecule has 0 radical (unpaired) electrons. The zero-order chi connectivity index (χ0) is 9.84. The molecule has 0 aliphatic carbocycles. The highest BCUT2D eigenvalue weighted by molar-refractivity contribution is 5.30. The summed E-state index contributed by atoms with van der Waals surface area (Å²) in [7, 11) is 0. The second-order valence-electron chi connectivity index (χ2n) is 3.17. The van der Waals surface area contributed by atoms with E-state index in [1.165, 1.54) is 0 Å². The number of nitrogens with zero attached hydrogens (tertiary/aromatic N) is 2. The molecule has 0 aliphatic heterocycles. The summed E-state index contributed by atoms with van der Waals surface area (Å²) in [6.07, 6.45) is 2.90. The molecule has 0 atom stereocenters. The fourth-order valence-electron chi connectivity index (χ4n) is 1.56. The molecular weight excluding hydrogens is 164 g/mol. The fraction of sp³-hybridized carbons (Fsp3) is 0.700. The van der Waals surface area contributed by atoms with Gasteiger partial charge >= 0.3 is 0 Å². The molecule has 3 heteroatoms. The lowest BCUT2D eigenvalue weighted by atomic mass is 10.1. The van der Waals surface area contributed by atoms with E-state index in [1.807, 2.05) is 6.92 Å². The number of aromatic hydroxyl groups is 1. The summed E-state index contributed by atoms with van der Waals surface area (Å²) >= 11 is 0. The summed E-state index contributed by atoms with van der Waals surface area (Å²) < 4.78 is 1.67. The monoisotopic (exact) mass is 182 g/mol. The van der Waals surface area contributed by atoms with E-state index >= 15 is 0 Å². The Morgan fingerprint density at radius 3 is 2.46 bits per heavy atom. The Morgan fingerprint density at radius 1 is 1.31 bits per heavy atom. The van der Waals surface area contributed by atoms with Gasteiger partial charge in [0.05, 0.1) is 5.69 Å². The molecule has 0 aliphatic rings. The molecule has 0 spiro atoms. The highest BCUT2D eigenvalue weighted by Gasteiger charge is 2.13. The van der Waals surface area contributed by atoms with Crippen molar-refractivity contribution < 1.29 is 5.11 Å². The van der Waals surface area contributed by atoms with Crippen LogP contribution < -0.4 is 0 Å². The number of hydrogen-bond acceptors (Lipinski definition) is 2. The number of hydrogen-bond donors (Lipinski definition) is 1. The molecule has 0 fully saturated rings. The van der Waals surface area contributed by atoms with Crippen LogP contribution in [0.25, 0.3) is 0 Å². The molecule has 3 nitrogen and oxygen atoms in total. The van der Waals surface area contributed by atoms with Gasteiger partial charge in [-0.05, 0) is 19.8 Å². The van der Waals surface area contributed by atoms with Gasteiger partial charge in [-0.2, -0.15) is 5.10 Å². The van der Waals surface area contributed by atoms with E-state index in [0.717, 1.165) is 37.1 Å². The number of rotatable bonds is 4. The van der Waals surface area contributed by atoms with Crippen LogP contribution in [0.3, 0.4) is 0 Å². The van der Waals surface area contributed by atoms with Crippen molar-refractivity contribution in [3.8, 4) is 5.88 Å². The third-order valence-electron chi connectivity index (χ3n) is 2.24. The Balaban J connectivity index is 3.04. The first kappa shape index (κ1) is 10.1. The zero-order valence-electron chi connectivity index (χ0n) is 8.67. The first-order chi connectivity index (χ1) is 6.24. The third kappa shape index (κ3) is 1.85. The van der Waals surface area contributed by atoms with Gasteiger partial charge in [-0.15, -0.1) is 0 Å². The largest absolute Gasteiger partial charge is 0.493 e. The minimum atomic E-state index is 0.355. The van der Waals surface area contributed by atoms with E-state index in [9.17, 15) is 5.11 Å². The molecule has 1 heterocycles. The van der Waals surface area contributed by atoms with Crippen LogP contribution in [0, 0.1) is 0 Å². The molecular formula is C10H18N2O. The molecule has 1 rings (SSSR count). The van der Waals surface area contributed by atoms with Gasteiger partial charge in [-0.1, -0.05) is 20.3 Å². The SMILES string of the molecule is CCCc1nn(CC)c(O)c1CC. The maximum absolute atomic E-state index is 9.74. The predicted molar refractivity (Wildman–Crippen MR) is 52.9 cm³/mol. The summed E-state index contributed by atoms with van der Waals surface area (Å²) in [5.41, 5.74) is 2.08. The zero-order valence-corrected chi connectivity index (χ0v) is 8.67. The Hall–Kier alpha value is -0.990. The average Bonchev–Trinajstić information content (AvgIpc) is 2.43. The minimum Gasteiger partial charge on any atom is -0.493 e. The maximum Gasteiger partial charge on any atom is 0.212 e. The van der Waals surface area contributed by atoms with E-state index in [2.05, 4.69) is 18.9 Å². The second-order valence-corrected chi connectivity index (χ2v) is 3.17. The van der Waals surface area contributed by atoms with Crippen LogP contribution in [0.4, 0.5) is 0 Å². The van der Waals surface area contributed by atoms with Crippen LogP contribution in [0.1, 0.15) is 38.4 Å². The van der Waals surface area contributed by atoms with Crippen molar-refractivity contribution in [3.05, 3.63) is 11.3 Å². The first-order valence-electron chi connectivity index (χ1n) is 5.02. The van der Waals surface area contributed by atoms with Crippen molar-refractivity contribution in [2.24, 2.45) is 0 Å². The van der Waals surface area contributed by atoms with Crippen molar-refractivity contribution >= 4 is 0 Å². The molecule has 0 bridgehead atoms. The van der Waals surface area contributed by atoms with Crippen LogP contribution in [0.5, 0.6) is 5.88 Å². The standard InChI is InChI=1S/C10H18N2O/c1-4-7-9-8(5-2)10(13)12(6-3)11-9/h13H,4-7H2,1-3H3. The van der Waals surface area contributed by atoms with E-state index in [0.29, 0.717) is 5.88 Å².